The van der Waals surface area contributed by atoms with Crippen molar-refractivity contribution in [2.75, 3.05) is 18.3 Å². The molecule has 114 valence electrons. The molecule has 1 aromatic rings. The Morgan fingerprint density at radius 2 is 2.10 bits per heavy atom. The van der Waals surface area contributed by atoms with E-state index < -0.39 is 0 Å². The van der Waals surface area contributed by atoms with E-state index in [1.165, 1.54) is 0 Å². The number of hydrogen-bond donors (Lipinski definition) is 1. The Hall–Kier alpha value is -0.720. The summed E-state index contributed by atoms with van der Waals surface area (Å²) in [6.45, 7) is 4.22. The predicted molar refractivity (Wildman–Crippen MR) is 87.0 cm³/mol. The van der Waals surface area contributed by atoms with E-state index >= 15 is 0 Å². The fourth-order valence-corrected chi connectivity index (χ4v) is 3.03. The van der Waals surface area contributed by atoms with Crippen LogP contribution >= 0.6 is 36.6 Å². The van der Waals surface area contributed by atoms with Gasteiger partial charge in [-0.25, -0.2) is 9.97 Å². The van der Waals surface area contributed by atoms with Crippen molar-refractivity contribution in [3.8, 4) is 0 Å². The molecule has 0 atom stereocenters. The smallest absolute Gasteiger partial charge is 0.132 e. The van der Waals surface area contributed by atoms with Gasteiger partial charge in [-0.1, -0.05) is 0 Å². The molecule has 2 N–H and O–H groups in total. The zero-order valence-electron chi connectivity index (χ0n) is 11.4. The lowest BCUT2D eigenvalue weighted by molar-refractivity contribution is 0.400. The third-order valence-electron chi connectivity index (χ3n) is 2.97. The number of alkyl halides is 1. The van der Waals surface area contributed by atoms with Crippen LogP contribution in [0.5, 0.6) is 0 Å². The standard InChI is InChI=1S/C12H17FN4S.2ClH/c1-8-11(3-4-13)18-7-17(8)6-10-5-15-9(2)16-12(10)14;;/h5H,3-4,6-7H2,1-2H3,(H2,14,15,16);2*1H. The maximum Gasteiger partial charge on any atom is 0.132 e. The molecule has 4 nitrogen and oxygen atoms in total. The van der Waals surface area contributed by atoms with E-state index in [0.29, 0.717) is 24.6 Å². The average Bonchev–Trinajstić information content (AvgIpc) is 2.66. The van der Waals surface area contributed by atoms with E-state index in [-0.39, 0.29) is 31.5 Å². The molecule has 2 rings (SSSR count). The molecule has 0 radical (unpaired) electrons. The maximum absolute atomic E-state index is 12.4. The lowest BCUT2D eigenvalue weighted by Crippen LogP contribution is -2.18. The maximum atomic E-state index is 12.4. The molecule has 1 aliphatic rings. The van der Waals surface area contributed by atoms with Crippen molar-refractivity contribution in [1.29, 1.82) is 0 Å². The van der Waals surface area contributed by atoms with Gasteiger partial charge in [0.05, 0.1) is 12.6 Å². The van der Waals surface area contributed by atoms with Gasteiger partial charge in [0.15, 0.2) is 0 Å². The summed E-state index contributed by atoms with van der Waals surface area (Å²) in [5.74, 6) is 2.05. The molecule has 0 saturated carbocycles. The summed E-state index contributed by atoms with van der Waals surface area (Å²) in [6.07, 6.45) is 2.27. The van der Waals surface area contributed by atoms with Crippen LogP contribution in [0, 0.1) is 6.92 Å². The van der Waals surface area contributed by atoms with Crippen molar-refractivity contribution in [3.63, 3.8) is 0 Å². The van der Waals surface area contributed by atoms with Gasteiger partial charge in [0.25, 0.3) is 0 Å². The molecule has 0 bridgehead atoms. The van der Waals surface area contributed by atoms with Crippen LogP contribution in [-0.2, 0) is 6.54 Å². The predicted octanol–water partition coefficient (Wildman–Crippen LogP) is 3.31. The number of aromatic nitrogens is 2. The molecule has 1 aromatic heterocycles. The Balaban J connectivity index is 0.00000180. The highest BCUT2D eigenvalue weighted by Gasteiger charge is 2.20. The molecular weight excluding hydrogens is 322 g/mol. The molecule has 0 aliphatic carbocycles. The van der Waals surface area contributed by atoms with Crippen LogP contribution < -0.4 is 5.73 Å². The highest BCUT2D eigenvalue weighted by atomic mass is 35.5. The molecule has 0 amide bonds. The van der Waals surface area contributed by atoms with Crippen molar-refractivity contribution in [3.05, 3.63) is 28.2 Å². The Bertz CT molecular complexity index is 485. The zero-order valence-corrected chi connectivity index (χ0v) is 13.9. The van der Waals surface area contributed by atoms with Gasteiger partial charge in [0.1, 0.15) is 11.6 Å². The minimum atomic E-state index is -0.302. The molecule has 0 spiro atoms. The van der Waals surface area contributed by atoms with Crippen molar-refractivity contribution in [2.45, 2.75) is 26.8 Å². The fourth-order valence-electron chi connectivity index (χ4n) is 1.88. The first-order valence-corrected chi connectivity index (χ1v) is 6.82. The number of allylic oxidation sites excluding steroid dienone is 2. The number of nitrogen functional groups attached to an aromatic ring is 1. The van der Waals surface area contributed by atoms with Gasteiger partial charge in [-0.05, 0) is 13.8 Å². The van der Waals surface area contributed by atoms with E-state index in [1.54, 1.807) is 18.0 Å². The zero-order chi connectivity index (χ0) is 13.1. The van der Waals surface area contributed by atoms with Crippen LogP contribution in [0.3, 0.4) is 0 Å². The van der Waals surface area contributed by atoms with Crippen LogP contribution in [0.15, 0.2) is 16.8 Å². The quantitative estimate of drug-likeness (QED) is 0.911. The van der Waals surface area contributed by atoms with Gasteiger partial charge in [0, 0.05) is 35.3 Å². The second-order valence-corrected chi connectivity index (χ2v) is 5.29. The second kappa shape index (κ2) is 8.54. The van der Waals surface area contributed by atoms with Gasteiger partial charge in [-0.15, -0.1) is 36.6 Å². The number of rotatable bonds is 4. The molecular formula is C12H19Cl2FN4S. The fraction of sp³-hybridized carbons (Fsp3) is 0.500. The Morgan fingerprint density at radius 1 is 1.40 bits per heavy atom. The molecule has 0 unspecified atom stereocenters. The summed E-state index contributed by atoms with van der Waals surface area (Å²) < 4.78 is 12.4. The molecule has 8 heteroatoms. The monoisotopic (exact) mass is 340 g/mol. The second-order valence-electron chi connectivity index (χ2n) is 4.25. The number of hydrogen-bond acceptors (Lipinski definition) is 5. The first-order valence-electron chi connectivity index (χ1n) is 5.83. The first-order chi connectivity index (χ1) is 8.61. The number of anilines is 1. The van der Waals surface area contributed by atoms with Crippen LogP contribution in [0.1, 0.15) is 24.7 Å². The number of nitrogens with two attached hydrogens (primary N) is 1. The minimum Gasteiger partial charge on any atom is -0.383 e. The molecule has 20 heavy (non-hydrogen) atoms. The molecule has 0 fully saturated rings. The van der Waals surface area contributed by atoms with Crippen LogP contribution in [0.2, 0.25) is 0 Å². The van der Waals surface area contributed by atoms with Crippen molar-refractivity contribution in [2.24, 2.45) is 0 Å². The van der Waals surface area contributed by atoms with Crippen LogP contribution in [-0.4, -0.2) is 27.4 Å². The minimum absolute atomic E-state index is 0. The lowest BCUT2D eigenvalue weighted by Gasteiger charge is -2.19. The topological polar surface area (TPSA) is 55.0 Å². The lowest BCUT2D eigenvalue weighted by atomic mass is 10.2. The van der Waals surface area contributed by atoms with Crippen LogP contribution in [0.4, 0.5) is 10.2 Å². The number of thioether (sulfide) groups is 1. The van der Waals surface area contributed by atoms with Crippen molar-refractivity contribution in [1.82, 2.24) is 14.9 Å². The third-order valence-corrected chi connectivity index (χ3v) is 4.26. The van der Waals surface area contributed by atoms with E-state index in [4.69, 9.17) is 5.73 Å². The van der Waals surface area contributed by atoms with Crippen molar-refractivity contribution < 1.29 is 4.39 Å². The average molecular weight is 341 g/mol. The van der Waals surface area contributed by atoms with E-state index in [2.05, 4.69) is 14.9 Å². The molecule has 2 heterocycles. The van der Waals surface area contributed by atoms with E-state index in [1.807, 2.05) is 13.8 Å². The highest BCUT2D eigenvalue weighted by Crippen LogP contribution is 2.35. The van der Waals surface area contributed by atoms with Crippen molar-refractivity contribution >= 4 is 42.4 Å². The number of aryl methyl sites for hydroxylation is 1. The normalized spacial score (nSPS) is 14.1. The summed E-state index contributed by atoms with van der Waals surface area (Å²) >= 11 is 1.70. The molecule has 1 aliphatic heterocycles. The summed E-state index contributed by atoms with van der Waals surface area (Å²) in [7, 11) is 0. The SMILES string of the molecule is CC1=C(CCF)SCN1Cc1cnc(C)nc1N.Cl.Cl. The van der Waals surface area contributed by atoms with Gasteiger partial charge < -0.3 is 10.6 Å². The largest absolute Gasteiger partial charge is 0.383 e. The third kappa shape index (κ3) is 4.40. The number of nitrogens with zero attached hydrogens (tertiary/aromatic N) is 3. The number of halogens is 3. The summed E-state index contributed by atoms with van der Waals surface area (Å²) in [5, 5.41) is 0. The van der Waals surface area contributed by atoms with Gasteiger partial charge in [-0.3, -0.25) is 4.39 Å². The summed E-state index contributed by atoms with van der Waals surface area (Å²) in [4.78, 5) is 11.6. The molecule has 0 saturated heterocycles. The summed E-state index contributed by atoms with van der Waals surface area (Å²) in [5.41, 5.74) is 7.93. The first kappa shape index (κ1) is 19.3. The van der Waals surface area contributed by atoms with Gasteiger partial charge in [0.2, 0.25) is 0 Å². The van der Waals surface area contributed by atoms with E-state index in [9.17, 15) is 4.39 Å². The Labute approximate surface area is 135 Å². The molecule has 0 aromatic carbocycles. The summed E-state index contributed by atoms with van der Waals surface area (Å²) in [6, 6.07) is 0. The van der Waals surface area contributed by atoms with Gasteiger partial charge >= 0.3 is 0 Å². The highest BCUT2D eigenvalue weighted by molar-refractivity contribution is 8.03. The Morgan fingerprint density at radius 3 is 2.70 bits per heavy atom. The van der Waals surface area contributed by atoms with Crippen LogP contribution in [0.25, 0.3) is 0 Å². The van der Waals surface area contributed by atoms with Gasteiger partial charge in [-0.2, -0.15) is 0 Å². The Kier molecular flexibility index (Phi) is 8.23. The van der Waals surface area contributed by atoms with E-state index in [0.717, 1.165) is 22.0 Å².